The molecule has 1 aliphatic heterocycles. The first-order valence-electron chi connectivity index (χ1n) is 6.21. The second-order valence-electron chi connectivity index (χ2n) is 4.96. The number of hydrogen-bond acceptors (Lipinski definition) is 2. The highest BCUT2D eigenvalue weighted by Crippen LogP contribution is 2.46. The Balaban J connectivity index is 1.88. The van der Waals surface area contributed by atoms with E-state index in [-0.39, 0.29) is 18.0 Å². The molecule has 1 heterocycles. The number of hydrogen-bond donors (Lipinski definition) is 0. The maximum atomic E-state index is 11.8. The Kier molecular flexibility index (Phi) is 2.95. The lowest BCUT2D eigenvalue weighted by atomic mass is 9.77. The zero-order chi connectivity index (χ0) is 11.8. The molecule has 0 spiro atoms. The highest BCUT2D eigenvalue weighted by Gasteiger charge is 2.45. The fourth-order valence-electron chi connectivity index (χ4n) is 3.08. The Morgan fingerprint density at radius 2 is 1.82 bits per heavy atom. The zero-order valence-electron chi connectivity index (χ0n) is 9.56. The minimum atomic E-state index is -0.0131. The molecule has 0 aromatic heterocycles. The molecule has 1 aromatic rings. The SMILES string of the molecule is O=C1O[C@H](c2ccc(Br)cc2)[C@H]2CCCC[C@@H]12. The molecule has 3 atom stereocenters. The molecule has 2 nitrogen and oxygen atoms in total. The largest absolute Gasteiger partial charge is 0.457 e. The van der Waals surface area contributed by atoms with Crippen molar-refractivity contribution in [2.24, 2.45) is 11.8 Å². The highest BCUT2D eigenvalue weighted by atomic mass is 79.9. The molecule has 2 aliphatic rings. The van der Waals surface area contributed by atoms with Crippen LogP contribution in [0.2, 0.25) is 0 Å². The Labute approximate surface area is 109 Å². The van der Waals surface area contributed by atoms with Gasteiger partial charge in [0.25, 0.3) is 0 Å². The minimum absolute atomic E-state index is 0.0131. The number of cyclic esters (lactones) is 1. The molecule has 0 N–H and O–H groups in total. The summed E-state index contributed by atoms with van der Waals surface area (Å²) in [4.78, 5) is 11.8. The van der Waals surface area contributed by atoms with Crippen LogP contribution in [0.25, 0.3) is 0 Å². The van der Waals surface area contributed by atoms with Gasteiger partial charge in [-0.1, -0.05) is 40.9 Å². The molecule has 0 bridgehead atoms. The van der Waals surface area contributed by atoms with Crippen molar-refractivity contribution in [1.29, 1.82) is 0 Å². The number of fused-ring (bicyclic) bond motifs is 1. The van der Waals surface area contributed by atoms with Crippen molar-refractivity contribution in [3.05, 3.63) is 34.3 Å². The fraction of sp³-hybridized carbons (Fsp3) is 0.500. The number of benzene rings is 1. The molecule has 1 saturated heterocycles. The van der Waals surface area contributed by atoms with Crippen LogP contribution in [0.5, 0.6) is 0 Å². The van der Waals surface area contributed by atoms with Gasteiger partial charge in [-0.3, -0.25) is 4.79 Å². The van der Waals surface area contributed by atoms with Crippen LogP contribution in [0, 0.1) is 11.8 Å². The van der Waals surface area contributed by atoms with Crippen LogP contribution in [0.1, 0.15) is 37.4 Å². The first kappa shape index (κ1) is 11.3. The van der Waals surface area contributed by atoms with Crippen LogP contribution >= 0.6 is 15.9 Å². The number of ether oxygens (including phenoxy) is 1. The van der Waals surface area contributed by atoms with Crippen LogP contribution in [0.3, 0.4) is 0 Å². The molecule has 3 heteroatoms. The predicted octanol–water partition coefficient (Wildman–Crippen LogP) is 3.85. The molecule has 3 rings (SSSR count). The van der Waals surface area contributed by atoms with Crippen molar-refractivity contribution >= 4 is 21.9 Å². The number of halogens is 1. The number of esters is 1. The second kappa shape index (κ2) is 4.45. The third-order valence-electron chi connectivity index (χ3n) is 3.95. The van der Waals surface area contributed by atoms with Gasteiger partial charge in [0.1, 0.15) is 6.10 Å². The molecule has 17 heavy (non-hydrogen) atoms. The predicted molar refractivity (Wildman–Crippen MR) is 68.4 cm³/mol. The Hall–Kier alpha value is -0.830. The monoisotopic (exact) mass is 294 g/mol. The molecule has 0 unspecified atom stereocenters. The van der Waals surface area contributed by atoms with E-state index in [4.69, 9.17) is 4.74 Å². The average molecular weight is 295 g/mol. The highest BCUT2D eigenvalue weighted by molar-refractivity contribution is 9.10. The van der Waals surface area contributed by atoms with E-state index in [1.165, 1.54) is 12.8 Å². The summed E-state index contributed by atoms with van der Waals surface area (Å²) in [6.45, 7) is 0. The summed E-state index contributed by atoms with van der Waals surface area (Å²) in [6, 6.07) is 8.14. The number of rotatable bonds is 1. The van der Waals surface area contributed by atoms with E-state index in [0.29, 0.717) is 5.92 Å². The summed E-state index contributed by atoms with van der Waals surface area (Å²) < 4.78 is 6.64. The fourth-order valence-corrected chi connectivity index (χ4v) is 3.35. The van der Waals surface area contributed by atoms with Crippen molar-refractivity contribution in [2.45, 2.75) is 31.8 Å². The molecule has 90 valence electrons. The van der Waals surface area contributed by atoms with Crippen molar-refractivity contribution in [1.82, 2.24) is 0 Å². The van der Waals surface area contributed by atoms with Gasteiger partial charge in [0, 0.05) is 10.4 Å². The topological polar surface area (TPSA) is 26.3 Å². The smallest absolute Gasteiger partial charge is 0.309 e. The van der Waals surface area contributed by atoms with Gasteiger partial charge < -0.3 is 4.74 Å². The summed E-state index contributed by atoms with van der Waals surface area (Å²) in [6.07, 6.45) is 4.52. The second-order valence-corrected chi connectivity index (χ2v) is 5.88. The van der Waals surface area contributed by atoms with Gasteiger partial charge >= 0.3 is 5.97 Å². The molecule has 0 radical (unpaired) electrons. The summed E-state index contributed by atoms with van der Waals surface area (Å²) in [5, 5.41) is 0. The van der Waals surface area contributed by atoms with E-state index in [1.807, 2.05) is 12.1 Å². The summed E-state index contributed by atoms with van der Waals surface area (Å²) in [5.41, 5.74) is 1.14. The molecular weight excluding hydrogens is 280 g/mol. The van der Waals surface area contributed by atoms with Crippen LogP contribution in [-0.4, -0.2) is 5.97 Å². The van der Waals surface area contributed by atoms with Gasteiger partial charge in [-0.2, -0.15) is 0 Å². The summed E-state index contributed by atoms with van der Waals surface area (Å²) in [5.74, 6) is 0.567. The van der Waals surface area contributed by atoms with E-state index < -0.39 is 0 Å². The van der Waals surface area contributed by atoms with Gasteiger partial charge in [0.05, 0.1) is 5.92 Å². The molecule has 1 saturated carbocycles. The van der Waals surface area contributed by atoms with Crippen LogP contribution in [0.4, 0.5) is 0 Å². The maximum Gasteiger partial charge on any atom is 0.309 e. The van der Waals surface area contributed by atoms with Gasteiger partial charge in [0.15, 0.2) is 0 Å². The van der Waals surface area contributed by atoms with E-state index in [2.05, 4.69) is 28.1 Å². The number of carbonyl (C=O) groups excluding carboxylic acids is 1. The molecule has 1 aromatic carbocycles. The van der Waals surface area contributed by atoms with Crippen LogP contribution < -0.4 is 0 Å². The molecular formula is C14H15BrO2. The first-order chi connectivity index (χ1) is 8.25. The lowest BCUT2D eigenvalue weighted by molar-refractivity contribution is -0.144. The van der Waals surface area contributed by atoms with E-state index in [1.54, 1.807) is 0 Å². The summed E-state index contributed by atoms with van der Waals surface area (Å²) in [7, 11) is 0. The maximum absolute atomic E-state index is 11.8. The zero-order valence-corrected chi connectivity index (χ0v) is 11.2. The third-order valence-corrected chi connectivity index (χ3v) is 4.48. The molecule has 1 aliphatic carbocycles. The minimum Gasteiger partial charge on any atom is -0.457 e. The van der Waals surface area contributed by atoms with E-state index in [9.17, 15) is 4.79 Å². The van der Waals surface area contributed by atoms with E-state index >= 15 is 0 Å². The van der Waals surface area contributed by atoms with E-state index in [0.717, 1.165) is 22.9 Å². The molecule has 2 fully saturated rings. The lowest BCUT2D eigenvalue weighted by Gasteiger charge is -2.25. The van der Waals surface area contributed by atoms with Gasteiger partial charge in [0.2, 0.25) is 0 Å². The quantitative estimate of drug-likeness (QED) is 0.736. The molecule has 0 amide bonds. The first-order valence-corrected chi connectivity index (χ1v) is 7.01. The summed E-state index contributed by atoms with van der Waals surface area (Å²) >= 11 is 3.43. The Morgan fingerprint density at radius 3 is 2.59 bits per heavy atom. The van der Waals surface area contributed by atoms with Gasteiger partial charge in [-0.05, 0) is 30.5 Å². The van der Waals surface area contributed by atoms with Crippen molar-refractivity contribution in [3.63, 3.8) is 0 Å². The van der Waals surface area contributed by atoms with Crippen molar-refractivity contribution < 1.29 is 9.53 Å². The van der Waals surface area contributed by atoms with Crippen molar-refractivity contribution in [2.75, 3.05) is 0 Å². The van der Waals surface area contributed by atoms with Crippen molar-refractivity contribution in [3.8, 4) is 0 Å². The van der Waals surface area contributed by atoms with Gasteiger partial charge in [-0.15, -0.1) is 0 Å². The Morgan fingerprint density at radius 1 is 1.12 bits per heavy atom. The average Bonchev–Trinajstić information content (AvgIpc) is 2.69. The normalized spacial score (nSPS) is 32.1. The van der Waals surface area contributed by atoms with Gasteiger partial charge in [-0.25, -0.2) is 0 Å². The van der Waals surface area contributed by atoms with Crippen LogP contribution in [0.15, 0.2) is 28.7 Å². The Bertz CT molecular complexity index is 426. The van der Waals surface area contributed by atoms with Crippen LogP contribution in [-0.2, 0) is 9.53 Å². The number of carbonyl (C=O) groups is 1. The lowest BCUT2D eigenvalue weighted by Crippen LogP contribution is -2.21. The third kappa shape index (κ3) is 2.01. The standard InChI is InChI=1S/C14H15BrO2/c15-10-7-5-9(6-8-10)13-11-3-1-2-4-12(11)14(16)17-13/h5-8,11-13H,1-4H2/t11-,12+,13+/m0/s1.